The van der Waals surface area contributed by atoms with Crippen molar-refractivity contribution in [2.24, 2.45) is 5.92 Å². The summed E-state index contributed by atoms with van der Waals surface area (Å²) in [6.45, 7) is 1.47. The number of aliphatic hydroxyl groups is 2. The van der Waals surface area contributed by atoms with Crippen LogP contribution in [0, 0.1) is 5.92 Å². The lowest BCUT2D eigenvalue weighted by atomic mass is 9.84. The molecule has 0 amide bonds. The fourth-order valence-corrected chi connectivity index (χ4v) is 2.41. The third-order valence-corrected chi connectivity index (χ3v) is 3.72. The monoisotopic (exact) mass is 306 g/mol. The number of alkyl halides is 2. The van der Waals surface area contributed by atoms with Gasteiger partial charge in [0, 0.05) is 12.3 Å². The van der Waals surface area contributed by atoms with Crippen LogP contribution >= 0.6 is 0 Å². The number of hydrogen-bond donors (Lipinski definition) is 3. The Kier molecular flexibility index (Phi) is 3.77. The first-order valence-corrected chi connectivity index (χ1v) is 6.33. The molecule has 1 saturated heterocycles. The molecule has 3 N–H and O–H groups in total. The molecular weight excluding hydrogens is 290 g/mol. The summed E-state index contributed by atoms with van der Waals surface area (Å²) in [5.74, 6) is -3.97. The van der Waals surface area contributed by atoms with Gasteiger partial charge in [0.05, 0.1) is 0 Å². The Morgan fingerprint density at radius 3 is 2.57 bits per heavy atom. The molecule has 1 aliphatic heterocycles. The van der Waals surface area contributed by atoms with Crippen LogP contribution in [-0.2, 0) is 4.74 Å². The van der Waals surface area contributed by atoms with Crippen LogP contribution in [-0.4, -0.2) is 44.0 Å². The number of hydrogen-bond acceptors (Lipinski definition) is 5. The van der Waals surface area contributed by atoms with Gasteiger partial charge in [0.2, 0.25) is 0 Å². The Bertz CT molecular complexity index is 645. The topological polar surface area (TPSA) is 105 Å². The molecular formula is C12H16F2N2O5. The van der Waals surface area contributed by atoms with Crippen molar-refractivity contribution >= 4 is 0 Å². The summed E-state index contributed by atoms with van der Waals surface area (Å²) in [5.41, 5.74) is -4.39. The zero-order chi connectivity index (χ0) is 16.0. The van der Waals surface area contributed by atoms with Crippen molar-refractivity contribution in [3.8, 4) is 0 Å². The van der Waals surface area contributed by atoms with E-state index in [1.54, 1.807) is 0 Å². The van der Waals surface area contributed by atoms with E-state index in [0.29, 0.717) is 4.57 Å². The molecule has 2 rings (SSSR count). The minimum atomic E-state index is -3.04. The Morgan fingerprint density at radius 2 is 2.10 bits per heavy atom. The van der Waals surface area contributed by atoms with Crippen LogP contribution in [0.5, 0.6) is 0 Å². The van der Waals surface area contributed by atoms with Crippen molar-refractivity contribution in [1.29, 1.82) is 0 Å². The number of H-pyrrole nitrogens is 1. The molecule has 2 heterocycles. The third-order valence-electron chi connectivity index (χ3n) is 3.72. The number of nitrogens with one attached hydrogen (secondary N) is 1. The minimum Gasteiger partial charge on any atom is -0.390 e. The first kappa shape index (κ1) is 15.8. The highest BCUT2D eigenvalue weighted by Gasteiger charge is 2.67. The molecule has 1 aliphatic rings. The van der Waals surface area contributed by atoms with Gasteiger partial charge in [-0.15, -0.1) is 0 Å². The lowest BCUT2D eigenvalue weighted by Crippen LogP contribution is -2.51. The predicted octanol–water partition coefficient (Wildman–Crippen LogP) is -0.551. The van der Waals surface area contributed by atoms with E-state index in [0.717, 1.165) is 12.3 Å². The highest BCUT2D eigenvalue weighted by molar-refractivity contribution is 5.08. The van der Waals surface area contributed by atoms with Crippen LogP contribution in [0.4, 0.5) is 8.78 Å². The summed E-state index contributed by atoms with van der Waals surface area (Å²) in [5, 5.41) is 18.9. The van der Waals surface area contributed by atoms with Crippen LogP contribution < -0.4 is 11.2 Å². The number of aromatic amines is 1. The van der Waals surface area contributed by atoms with Gasteiger partial charge in [-0.1, -0.05) is 13.8 Å². The molecule has 0 aromatic carbocycles. The van der Waals surface area contributed by atoms with E-state index >= 15 is 4.39 Å². The maximum Gasteiger partial charge on any atom is 0.330 e. The Labute approximate surface area is 117 Å². The number of aliphatic hydroxyl groups excluding tert-OH is 2. The lowest BCUT2D eigenvalue weighted by molar-refractivity contribution is -0.207. The van der Waals surface area contributed by atoms with Gasteiger partial charge in [-0.05, 0) is 5.92 Å². The molecule has 1 fully saturated rings. The Morgan fingerprint density at radius 1 is 1.48 bits per heavy atom. The van der Waals surface area contributed by atoms with Crippen LogP contribution in [0.1, 0.15) is 20.1 Å². The molecule has 0 spiro atoms. The molecule has 0 bridgehead atoms. The second kappa shape index (κ2) is 5.00. The average molecular weight is 306 g/mol. The van der Waals surface area contributed by atoms with Gasteiger partial charge in [-0.2, -0.15) is 0 Å². The van der Waals surface area contributed by atoms with E-state index in [1.807, 2.05) is 4.98 Å². The van der Waals surface area contributed by atoms with Gasteiger partial charge in [0.15, 0.2) is 18.0 Å². The molecule has 0 saturated carbocycles. The van der Waals surface area contributed by atoms with E-state index in [9.17, 15) is 19.1 Å². The summed E-state index contributed by atoms with van der Waals surface area (Å²) in [4.78, 5) is 24.7. The fourth-order valence-electron chi connectivity index (χ4n) is 2.41. The van der Waals surface area contributed by atoms with Crippen molar-refractivity contribution in [2.45, 2.75) is 37.7 Å². The van der Waals surface area contributed by atoms with Gasteiger partial charge < -0.3 is 14.9 Å². The van der Waals surface area contributed by atoms with Crippen molar-refractivity contribution in [1.82, 2.24) is 9.55 Å². The normalized spacial score (nSPS) is 36.3. The molecule has 118 valence electrons. The molecule has 7 nitrogen and oxygen atoms in total. The molecule has 9 heteroatoms. The largest absolute Gasteiger partial charge is 0.390 e. The van der Waals surface area contributed by atoms with Gasteiger partial charge in [-0.25, -0.2) is 13.6 Å². The van der Waals surface area contributed by atoms with Gasteiger partial charge in [-0.3, -0.25) is 14.3 Å². The van der Waals surface area contributed by atoms with Crippen LogP contribution in [0.15, 0.2) is 21.9 Å². The fraction of sp³-hybridized carbons (Fsp3) is 0.667. The third kappa shape index (κ3) is 2.21. The number of aromatic nitrogens is 2. The summed E-state index contributed by atoms with van der Waals surface area (Å²) in [7, 11) is 0. The molecule has 0 aliphatic carbocycles. The number of nitrogens with zero attached hydrogens (tertiary/aromatic N) is 1. The molecule has 1 aromatic rings. The molecule has 0 radical (unpaired) electrons. The Balaban J connectivity index is 2.60. The average Bonchev–Trinajstić information content (AvgIpc) is 2.62. The molecule has 1 aromatic heterocycles. The van der Waals surface area contributed by atoms with Gasteiger partial charge in [0.1, 0.15) is 6.61 Å². The second-order valence-corrected chi connectivity index (χ2v) is 5.32. The maximum atomic E-state index is 15.2. The van der Waals surface area contributed by atoms with Crippen LogP contribution in [0.25, 0.3) is 0 Å². The zero-order valence-corrected chi connectivity index (χ0v) is 11.4. The standard InChI is InChI=1S/C12H16F2N2O5/c1-6(2)12(14)8(19)11(13,5-17)21-9(12)16-4-3-7(18)15-10(16)20/h3-4,6,8-9,17,19H,5H2,1-2H3,(H,15,18,20)/t8-,9-,11-,12-/m1/s1. The molecule has 21 heavy (non-hydrogen) atoms. The highest BCUT2D eigenvalue weighted by atomic mass is 19.2. The summed E-state index contributed by atoms with van der Waals surface area (Å²) < 4.78 is 34.9. The summed E-state index contributed by atoms with van der Waals surface area (Å²) >= 11 is 0. The van der Waals surface area contributed by atoms with Gasteiger partial charge in [0.25, 0.3) is 11.4 Å². The minimum absolute atomic E-state index is 0.640. The highest BCUT2D eigenvalue weighted by Crippen LogP contribution is 2.50. The first-order chi connectivity index (χ1) is 9.66. The molecule has 0 unspecified atom stereocenters. The van der Waals surface area contributed by atoms with E-state index in [-0.39, 0.29) is 0 Å². The SMILES string of the molecule is CC(C)[C@]1(F)[C@H](n2ccc(=O)[nH]c2=O)O[C@](F)(CO)[C@H]1O. The quantitative estimate of drug-likeness (QED) is 0.695. The lowest BCUT2D eigenvalue weighted by Gasteiger charge is -2.32. The van der Waals surface area contributed by atoms with Crippen molar-refractivity contribution in [3.05, 3.63) is 33.1 Å². The first-order valence-electron chi connectivity index (χ1n) is 6.33. The van der Waals surface area contributed by atoms with Crippen LogP contribution in [0.3, 0.4) is 0 Å². The smallest absolute Gasteiger partial charge is 0.330 e. The summed E-state index contributed by atoms with van der Waals surface area (Å²) in [6, 6.07) is 0.940. The van der Waals surface area contributed by atoms with E-state index < -0.39 is 47.6 Å². The van der Waals surface area contributed by atoms with Gasteiger partial charge >= 0.3 is 5.69 Å². The van der Waals surface area contributed by atoms with Crippen molar-refractivity contribution in [3.63, 3.8) is 0 Å². The summed E-state index contributed by atoms with van der Waals surface area (Å²) in [6.07, 6.45) is -3.17. The predicted molar refractivity (Wildman–Crippen MR) is 67.1 cm³/mol. The van der Waals surface area contributed by atoms with Crippen molar-refractivity contribution < 1.29 is 23.7 Å². The van der Waals surface area contributed by atoms with E-state index in [1.165, 1.54) is 13.8 Å². The van der Waals surface area contributed by atoms with Crippen molar-refractivity contribution in [2.75, 3.05) is 6.61 Å². The van der Waals surface area contributed by atoms with E-state index in [2.05, 4.69) is 0 Å². The number of ether oxygens (including phenoxy) is 1. The molecule has 4 atom stereocenters. The zero-order valence-electron chi connectivity index (χ0n) is 11.4. The second-order valence-electron chi connectivity index (χ2n) is 5.32. The Hall–Kier alpha value is -1.58. The number of halogens is 2. The maximum absolute atomic E-state index is 15.2. The number of rotatable bonds is 3. The van der Waals surface area contributed by atoms with E-state index in [4.69, 9.17) is 9.84 Å². The van der Waals surface area contributed by atoms with Crippen LogP contribution in [0.2, 0.25) is 0 Å².